The van der Waals surface area contributed by atoms with E-state index < -0.39 is 0 Å². The predicted octanol–water partition coefficient (Wildman–Crippen LogP) is 5.03. The average molecular weight is 341 g/mol. The van der Waals surface area contributed by atoms with Gasteiger partial charge in [-0.3, -0.25) is 0 Å². The first-order valence-corrected chi connectivity index (χ1v) is 7.09. The Labute approximate surface area is 126 Å². The molecule has 0 saturated heterocycles. The monoisotopic (exact) mass is 339 g/mol. The molecule has 2 aromatic carbocycles. The van der Waals surface area contributed by atoms with E-state index in [9.17, 15) is 0 Å². The molecule has 0 amide bonds. The number of aryl methyl sites for hydroxylation is 1. The molecule has 2 aromatic rings. The summed E-state index contributed by atoms with van der Waals surface area (Å²) in [6, 6.07) is 11.8. The molecule has 100 valence electrons. The minimum absolute atomic E-state index is 0.682. The third kappa shape index (κ3) is 3.64. The molecule has 4 heteroatoms. The van der Waals surface area contributed by atoms with Crippen LogP contribution in [0, 0.1) is 6.92 Å². The quantitative estimate of drug-likeness (QED) is 0.842. The van der Waals surface area contributed by atoms with E-state index in [-0.39, 0.29) is 0 Å². The number of nitrogens with one attached hydrogen (secondary N) is 1. The molecule has 0 heterocycles. The molecule has 0 spiro atoms. The summed E-state index contributed by atoms with van der Waals surface area (Å²) in [5.74, 6) is 0.843. The number of methoxy groups -OCH3 is 1. The van der Waals surface area contributed by atoms with Gasteiger partial charge in [-0.2, -0.15) is 0 Å². The van der Waals surface area contributed by atoms with Crippen LogP contribution in [-0.4, -0.2) is 7.11 Å². The van der Waals surface area contributed by atoms with E-state index in [1.165, 1.54) is 5.56 Å². The molecule has 0 aliphatic rings. The Bertz CT molecular complexity index is 586. The zero-order valence-corrected chi connectivity index (χ0v) is 13.2. The van der Waals surface area contributed by atoms with Crippen LogP contribution in [0.1, 0.15) is 11.1 Å². The molecule has 0 fully saturated rings. The van der Waals surface area contributed by atoms with Gasteiger partial charge in [0.05, 0.1) is 17.8 Å². The first-order valence-electron chi connectivity index (χ1n) is 5.92. The lowest BCUT2D eigenvalue weighted by molar-refractivity contribution is 0.414. The van der Waals surface area contributed by atoms with Crippen molar-refractivity contribution in [2.75, 3.05) is 12.4 Å². The van der Waals surface area contributed by atoms with Crippen LogP contribution >= 0.6 is 27.5 Å². The van der Waals surface area contributed by atoms with E-state index in [0.717, 1.165) is 26.5 Å². The number of rotatable bonds is 4. The van der Waals surface area contributed by atoms with Gasteiger partial charge in [-0.15, -0.1) is 0 Å². The largest absolute Gasteiger partial charge is 0.497 e. The number of anilines is 1. The van der Waals surface area contributed by atoms with E-state index >= 15 is 0 Å². The second kappa shape index (κ2) is 6.31. The van der Waals surface area contributed by atoms with Gasteiger partial charge in [0.1, 0.15) is 5.75 Å². The SMILES string of the molecule is COc1ccc(Br)c(CNc2cc(C)ccc2Cl)c1. The van der Waals surface area contributed by atoms with E-state index in [1.54, 1.807) is 7.11 Å². The summed E-state index contributed by atoms with van der Waals surface area (Å²) >= 11 is 9.70. The van der Waals surface area contributed by atoms with Gasteiger partial charge in [0.2, 0.25) is 0 Å². The average Bonchev–Trinajstić information content (AvgIpc) is 2.41. The minimum atomic E-state index is 0.682. The second-order valence-corrected chi connectivity index (χ2v) is 5.56. The molecule has 2 rings (SSSR count). The van der Waals surface area contributed by atoms with Crippen LogP contribution < -0.4 is 10.1 Å². The summed E-state index contributed by atoms with van der Waals surface area (Å²) in [5, 5.41) is 4.07. The number of hydrogen-bond donors (Lipinski definition) is 1. The van der Waals surface area contributed by atoms with E-state index in [0.29, 0.717) is 6.54 Å². The smallest absolute Gasteiger partial charge is 0.119 e. The summed E-state index contributed by atoms with van der Waals surface area (Å²) in [6.07, 6.45) is 0. The Kier molecular flexibility index (Phi) is 4.72. The Balaban J connectivity index is 2.16. The number of hydrogen-bond acceptors (Lipinski definition) is 2. The van der Waals surface area contributed by atoms with Crippen molar-refractivity contribution < 1.29 is 4.74 Å². The molecule has 0 atom stereocenters. The lowest BCUT2D eigenvalue weighted by Crippen LogP contribution is -2.01. The molecular formula is C15H15BrClNO. The van der Waals surface area contributed by atoms with Gasteiger partial charge in [0.25, 0.3) is 0 Å². The molecule has 0 saturated carbocycles. The lowest BCUT2D eigenvalue weighted by atomic mass is 10.2. The van der Waals surface area contributed by atoms with Crippen LogP contribution in [0.15, 0.2) is 40.9 Å². The Morgan fingerprint density at radius 2 is 2.00 bits per heavy atom. The molecule has 0 radical (unpaired) electrons. The van der Waals surface area contributed by atoms with Crippen LogP contribution in [0.4, 0.5) is 5.69 Å². The highest BCUT2D eigenvalue weighted by molar-refractivity contribution is 9.10. The predicted molar refractivity (Wildman–Crippen MR) is 84.2 cm³/mol. The first-order chi connectivity index (χ1) is 9.10. The van der Waals surface area contributed by atoms with Crippen LogP contribution in [0.25, 0.3) is 0 Å². The highest BCUT2D eigenvalue weighted by Gasteiger charge is 2.04. The number of benzene rings is 2. The highest BCUT2D eigenvalue weighted by atomic mass is 79.9. The van der Waals surface area contributed by atoms with Gasteiger partial charge in [-0.05, 0) is 48.4 Å². The van der Waals surface area contributed by atoms with E-state index in [2.05, 4.69) is 21.2 Å². The molecule has 0 bridgehead atoms. The van der Waals surface area contributed by atoms with Crippen molar-refractivity contribution in [3.63, 3.8) is 0 Å². The summed E-state index contributed by atoms with van der Waals surface area (Å²) in [7, 11) is 1.66. The van der Waals surface area contributed by atoms with Crippen molar-refractivity contribution in [1.82, 2.24) is 0 Å². The summed E-state index contributed by atoms with van der Waals surface area (Å²) in [6.45, 7) is 2.73. The fourth-order valence-electron chi connectivity index (χ4n) is 1.78. The molecule has 1 N–H and O–H groups in total. The fourth-order valence-corrected chi connectivity index (χ4v) is 2.35. The van der Waals surface area contributed by atoms with Crippen LogP contribution in [-0.2, 0) is 6.54 Å². The summed E-state index contributed by atoms with van der Waals surface area (Å²) < 4.78 is 6.28. The highest BCUT2D eigenvalue weighted by Crippen LogP contribution is 2.26. The maximum atomic E-state index is 6.16. The minimum Gasteiger partial charge on any atom is -0.497 e. The lowest BCUT2D eigenvalue weighted by Gasteiger charge is -2.11. The Hall–Kier alpha value is -1.19. The Morgan fingerprint density at radius 3 is 2.74 bits per heavy atom. The Morgan fingerprint density at radius 1 is 1.21 bits per heavy atom. The molecule has 19 heavy (non-hydrogen) atoms. The van der Waals surface area contributed by atoms with Crippen molar-refractivity contribution in [3.05, 3.63) is 57.0 Å². The van der Waals surface area contributed by atoms with Crippen molar-refractivity contribution >= 4 is 33.2 Å². The molecule has 0 aromatic heterocycles. The number of ether oxygens (including phenoxy) is 1. The topological polar surface area (TPSA) is 21.3 Å². The van der Waals surface area contributed by atoms with Crippen molar-refractivity contribution in [3.8, 4) is 5.75 Å². The maximum absolute atomic E-state index is 6.16. The van der Waals surface area contributed by atoms with Gasteiger partial charge >= 0.3 is 0 Å². The fraction of sp³-hybridized carbons (Fsp3) is 0.200. The standard InChI is InChI=1S/C15H15BrClNO/c1-10-3-6-14(17)15(7-10)18-9-11-8-12(19-2)4-5-13(11)16/h3-8,18H,9H2,1-2H3. The van der Waals surface area contributed by atoms with Gasteiger partial charge in [0, 0.05) is 11.0 Å². The third-order valence-electron chi connectivity index (χ3n) is 2.84. The van der Waals surface area contributed by atoms with Crippen LogP contribution in [0.2, 0.25) is 5.02 Å². The normalized spacial score (nSPS) is 10.3. The summed E-state index contributed by atoms with van der Waals surface area (Å²) in [4.78, 5) is 0. The van der Waals surface area contributed by atoms with Crippen molar-refractivity contribution in [1.29, 1.82) is 0 Å². The van der Waals surface area contributed by atoms with Gasteiger partial charge in [-0.25, -0.2) is 0 Å². The zero-order chi connectivity index (χ0) is 13.8. The molecule has 2 nitrogen and oxygen atoms in total. The number of halogens is 2. The molecular weight excluding hydrogens is 326 g/mol. The van der Waals surface area contributed by atoms with E-state index in [1.807, 2.05) is 43.3 Å². The van der Waals surface area contributed by atoms with Crippen molar-refractivity contribution in [2.24, 2.45) is 0 Å². The first kappa shape index (κ1) is 14.2. The van der Waals surface area contributed by atoms with Crippen LogP contribution in [0.3, 0.4) is 0 Å². The summed E-state index contributed by atoms with van der Waals surface area (Å²) in [5.41, 5.74) is 3.24. The molecule has 0 aliphatic carbocycles. The molecule has 0 aliphatic heterocycles. The van der Waals surface area contributed by atoms with Crippen LogP contribution in [0.5, 0.6) is 5.75 Å². The van der Waals surface area contributed by atoms with Crippen molar-refractivity contribution in [2.45, 2.75) is 13.5 Å². The van der Waals surface area contributed by atoms with E-state index in [4.69, 9.17) is 16.3 Å². The van der Waals surface area contributed by atoms with Gasteiger partial charge in [0.15, 0.2) is 0 Å². The van der Waals surface area contributed by atoms with Gasteiger partial charge < -0.3 is 10.1 Å². The zero-order valence-electron chi connectivity index (χ0n) is 10.8. The third-order valence-corrected chi connectivity index (χ3v) is 3.95. The maximum Gasteiger partial charge on any atom is 0.119 e. The van der Waals surface area contributed by atoms with Gasteiger partial charge in [-0.1, -0.05) is 33.6 Å². The molecule has 0 unspecified atom stereocenters. The second-order valence-electron chi connectivity index (χ2n) is 4.29.